The summed E-state index contributed by atoms with van der Waals surface area (Å²) >= 11 is 0. The summed E-state index contributed by atoms with van der Waals surface area (Å²) in [6.45, 7) is 4.57. The van der Waals surface area contributed by atoms with E-state index in [9.17, 15) is 54.5 Å². The largest absolute Gasteiger partial charge is 0.459 e. The molecule has 0 aromatic carbocycles. The molecule has 13 heteroatoms. The molecule has 0 saturated heterocycles. The van der Waals surface area contributed by atoms with Crippen molar-refractivity contribution in [2.24, 2.45) is 11.8 Å². The first-order chi connectivity index (χ1) is 12.6. The van der Waals surface area contributed by atoms with Gasteiger partial charge in [-0.25, -0.2) is 4.79 Å². The lowest BCUT2D eigenvalue weighted by atomic mass is 9.67. The first-order valence-electron chi connectivity index (χ1n) is 8.17. The number of carbonyl (C=O) groups excluding carboxylic acids is 1. The second-order valence-corrected chi connectivity index (χ2v) is 7.52. The Balaban J connectivity index is 3.30. The molecule has 3 atom stereocenters. The van der Waals surface area contributed by atoms with Crippen LogP contribution in [0, 0.1) is 11.8 Å². The highest BCUT2D eigenvalue weighted by Gasteiger charge is 2.74. The standard InChI is InChI=1S/C16H19F9O4/c1-7(14(17,18)19)11(26)29-10-5-8(12(2,3)27)4-9(6-10)13(28,15(20,21)22)16(23,24)25/h8-10,27-28H,1,4-6H2,2-3H3. The zero-order valence-corrected chi connectivity index (χ0v) is 15.2. The van der Waals surface area contributed by atoms with Gasteiger partial charge in [-0.3, -0.25) is 0 Å². The van der Waals surface area contributed by atoms with Gasteiger partial charge in [0, 0.05) is 5.92 Å². The average molecular weight is 446 g/mol. The van der Waals surface area contributed by atoms with E-state index in [2.05, 4.69) is 11.3 Å². The van der Waals surface area contributed by atoms with E-state index in [0.29, 0.717) is 0 Å². The summed E-state index contributed by atoms with van der Waals surface area (Å²) in [6.07, 6.45) is -22.1. The maximum atomic E-state index is 13.2. The fourth-order valence-corrected chi connectivity index (χ4v) is 3.24. The fourth-order valence-electron chi connectivity index (χ4n) is 3.24. The highest BCUT2D eigenvalue weighted by atomic mass is 19.4. The molecule has 1 aliphatic rings. The highest BCUT2D eigenvalue weighted by Crippen LogP contribution is 2.53. The Morgan fingerprint density at radius 3 is 1.62 bits per heavy atom. The number of esters is 1. The van der Waals surface area contributed by atoms with Gasteiger partial charge in [-0.1, -0.05) is 6.58 Å². The molecule has 0 aliphatic heterocycles. The van der Waals surface area contributed by atoms with Crippen LogP contribution in [0.25, 0.3) is 0 Å². The average Bonchev–Trinajstić information content (AvgIpc) is 2.48. The number of carbonyl (C=O) groups is 1. The number of rotatable bonds is 4. The van der Waals surface area contributed by atoms with Crippen molar-refractivity contribution in [3.8, 4) is 0 Å². The molecule has 0 heterocycles. The molecule has 4 nitrogen and oxygen atoms in total. The Labute approximate surface area is 159 Å². The van der Waals surface area contributed by atoms with Gasteiger partial charge in [-0.15, -0.1) is 0 Å². The van der Waals surface area contributed by atoms with Crippen LogP contribution < -0.4 is 0 Å². The van der Waals surface area contributed by atoms with Crippen LogP contribution in [0.4, 0.5) is 39.5 Å². The normalized spacial score (nSPS) is 24.9. The van der Waals surface area contributed by atoms with Gasteiger partial charge in [-0.2, -0.15) is 39.5 Å². The van der Waals surface area contributed by atoms with Crippen molar-refractivity contribution < 1.29 is 59.3 Å². The van der Waals surface area contributed by atoms with E-state index in [0.717, 1.165) is 13.8 Å². The number of hydrogen-bond donors (Lipinski definition) is 2. The van der Waals surface area contributed by atoms with Crippen LogP contribution >= 0.6 is 0 Å². The Hall–Kier alpha value is -1.50. The van der Waals surface area contributed by atoms with Crippen LogP contribution in [0.1, 0.15) is 33.1 Å². The molecule has 1 aliphatic carbocycles. The van der Waals surface area contributed by atoms with Crippen LogP contribution in [0.3, 0.4) is 0 Å². The van der Waals surface area contributed by atoms with E-state index in [1.54, 1.807) is 0 Å². The van der Waals surface area contributed by atoms with Crippen LogP contribution in [-0.4, -0.2) is 52.0 Å². The quantitative estimate of drug-likeness (QED) is 0.389. The third-order valence-electron chi connectivity index (χ3n) is 4.98. The van der Waals surface area contributed by atoms with Crippen molar-refractivity contribution in [1.82, 2.24) is 0 Å². The molecule has 29 heavy (non-hydrogen) atoms. The summed E-state index contributed by atoms with van der Waals surface area (Å²) in [6, 6.07) is 0. The van der Waals surface area contributed by atoms with E-state index in [1.807, 2.05) is 0 Å². The van der Waals surface area contributed by atoms with E-state index in [-0.39, 0.29) is 0 Å². The summed E-state index contributed by atoms with van der Waals surface area (Å²) in [5.74, 6) is -6.06. The predicted octanol–water partition coefficient (Wildman–Crippen LogP) is 4.06. The minimum Gasteiger partial charge on any atom is -0.459 e. The second kappa shape index (κ2) is 7.64. The van der Waals surface area contributed by atoms with Gasteiger partial charge in [0.05, 0.1) is 5.60 Å². The zero-order chi connectivity index (χ0) is 23.2. The van der Waals surface area contributed by atoms with Gasteiger partial charge < -0.3 is 14.9 Å². The number of halogens is 9. The molecular weight excluding hydrogens is 427 g/mol. The maximum Gasteiger partial charge on any atom is 0.426 e. The number of alkyl halides is 9. The Morgan fingerprint density at radius 1 is 0.862 bits per heavy atom. The van der Waals surface area contributed by atoms with Gasteiger partial charge in [0.25, 0.3) is 5.60 Å². The first-order valence-corrected chi connectivity index (χ1v) is 8.17. The maximum absolute atomic E-state index is 13.2. The molecule has 3 unspecified atom stereocenters. The lowest BCUT2D eigenvalue weighted by Gasteiger charge is -2.46. The van der Waals surface area contributed by atoms with Crippen LogP contribution in [-0.2, 0) is 9.53 Å². The third kappa shape index (κ3) is 5.36. The molecule has 0 spiro atoms. The number of aliphatic hydroxyl groups is 2. The van der Waals surface area contributed by atoms with Gasteiger partial charge in [0.15, 0.2) is 0 Å². The van der Waals surface area contributed by atoms with Crippen molar-refractivity contribution in [3.63, 3.8) is 0 Å². The zero-order valence-electron chi connectivity index (χ0n) is 15.2. The van der Waals surface area contributed by atoms with Gasteiger partial charge in [0.2, 0.25) is 0 Å². The Kier molecular flexibility index (Phi) is 6.73. The molecular formula is C16H19F9O4. The number of ether oxygens (including phenoxy) is 1. The Bertz CT molecular complexity index is 614. The second-order valence-electron chi connectivity index (χ2n) is 7.52. The monoisotopic (exact) mass is 446 g/mol. The Morgan fingerprint density at radius 2 is 1.28 bits per heavy atom. The topological polar surface area (TPSA) is 66.8 Å². The molecule has 1 rings (SSSR count). The van der Waals surface area contributed by atoms with E-state index >= 15 is 0 Å². The van der Waals surface area contributed by atoms with Crippen molar-refractivity contribution in [1.29, 1.82) is 0 Å². The lowest BCUT2D eigenvalue weighted by Crippen LogP contribution is -2.63. The minimum atomic E-state index is -6.18. The summed E-state index contributed by atoms with van der Waals surface area (Å²) in [7, 11) is 0. The molecule has 1 fully saturated rings. The van der Waals surface area contributed by atoms with E-state index in [4.69, 9.17) is 0 Å². The van der Waals surface area contributed by atoms with E-state index < -0.39 is 78.5 Å². The molecule has 2 N–H and O–H groups in total. The van der Waals surface area contributed by atoms with Crippen molar-refractivity contribution in [2.75, 3.05) is 0 Å². The van der Waals surface area contributed by atoms with Gasteiger partial charge >= 0.3 is 24.5 Å². The highest BCUT2D eigenvalue weighted by molar-refractivity contribution is 5.89. The summed E-state index contributed by atoms with van der Waals surface area (Å²) in [4.78, 5) is 11.6. The molecule has 0 amide bonds. The van der Waals surface area contributed by atoms with Crippen LogP contribution in [0.15, 0.2) is 12.2 Å². The summed E-state index contributed by atoms with van der Waals surface area (Å²) < 4.78 is 121. The lowest BCUT2D eigenvalue weighted by molar-refractivity contribution is -0.390. The first kappa shape index (κ1) is 25.5. The molecule has 0 bridgehead atoms. The van der Waals surface area contributed by atoms with Crippen molar-refractivity contribution in [2.45, 2.75) is 68.9 Å². The van der Waals surface area contributed by atoms with E-state index in [1.165, 1.54) is 0 Å². The van der Waals surface area contributed by atoms with Crippen LogP contribution in [0.5, 0.6) is 0 Å². The third-order valence-corrected chi connectivity index (χ3v) is 4.98. The van der Waals surface area contributed by atoms with Crippen molar-refractivity contribution >= 4 is 5.97 Å². The minimum absolute atomic E-state index is 0.511. The SMILES string of the molecule is C=C(C(=O)OC1CC(C(C)(C)O)CC(C(O)(C(F)(F)F)C(F)(F)F)C1)C(F)(F)F. The summed E-state index contributed by atoms with van der Waals surface area (Å²) in [5, 5.41) is 19.7. The fraction of sp³-hybridized carbons (Fsp3) is 0.812. The summed E-state index contributed by atoms with van der Waals surface area (Å²) in [5.41, 5.74) is -9.08. The smallest absolute Gasteiger partial charge is 0.426 e. The van der Waals surface area contributed by atoms with Crippen LogP contribution in [0.2, 0.25) is 0 Å². The molecule has 1 saturated carbocycles. The predicted molar refractivity (Wildman–Crippen MR) is 79.3 cm³/mol. The van der Waals surface area contributed by atoms with Gasteiger partial charge in [0.1, 0.15) is 11.7 Å². The number of hydrogen-bond acceptors (Lipinski definition) is 4. The molecule has 170 valence electrons. The molecule has 0 aromatic rings. The van der Waals surface area contributed by atoms with Crippen molar-refractivity contribution in [3.05, 3.63) is 12.2 Å². The molecule has 0 radical (unpaired) electrons. The van der Waals surface area contributed by atoms with Gasteiger partial charge in [-0.05, 0) is 39.0 Å². The molecule has 0 aromatic heterocycles.